The number of sulfonamides is 1. The van der Waals surface area contributed by atoms with Crippen LogP contribution in [0.3, 0.4) is 0 Å². The fourth-order valence-corrected chi connectivity index (χ4v) is 3.03. The van der Waals surface area contributed by atoms with Gasteiger partial charge >= 0.3 is 5.97 Å². The SMILES string of the molecule is COC(=O)c1cc(Cl)cc(NS(=O)(=O)C[C@H](C)OC)c1. The van der Waals surface area contributed by atoms with Crippen molar-refractivity contribution in [3.05, 3.63) is 28.8 Å². The molecule has 0 aliphatic heterocycles. The summed E-state index contributed by atoms with van der Waals surface area (Å²) in [6.07, 6.45) is -0.452. The predicted octanol–water partition coefficient (Wildman–Crippen LogP) is 1.90. The molecule has 6 nitrogen and oxygen atoms in total. The van der Waals surface area contributed by atoms with Gasteiger partial charge in [-0.05, 0) is 25.1 Å². The van der Waals surface area contributed by atoms with E-state index >= 15 is 0 Å². The second-order valence-electron chi connectivity index (χ2n) is 4.15. The Morgan fingerprint density at radius 2 is 2.00 bits per heavy atom. The van der Waals surface area contributed by atoms with Crippen LogP contribution in [0.2, 0.25) is 5.02 Å². The van der Waals surface area contributed by atoms with Gasteiger partial charge in [0, 0.05) is 12.1 Å². The normalized spacial score (nSPS) is 12.8. The van der Waals surface area contributed by atoms with Crippen molar-refractivity contribution in [3.8, 4) is 0 Å². The van der Waals surface area contributed by atoms with Crippen molar-refractivity contribution in [2.45, 2.75) is 13.0 Å². The Bertz CT molecular complexity index is 588. The van der Waals surface area contributed by atoms with Gasteiger partial charge in [0.2, 0.25) is 10.0 Å². The Morgan fingerprint density at radius 3 is 2.55 bits per heavy atom. The fraction of sp³-hybridized carbons (Fsp3) is 0.417. The maximum absolute atomic E-state index is 11.9. The van der Waals surface area contributed by atoms with Crippen molar-refractivity contribution in [1.29, 1.82) is 0 Å². The Balaban J connectivity index is 2.98. The molecule has 1 atom stereocenters. The molecule has 0 unspecified atom stereocenters. The van der Waals surface area contributed by atoms with Gasteiger partial charge in [-0.2, -0.15) is 0 Å². The summed E-state index contributed by atoms with van der Waals surface area (Å²) in [5, 5.41) is 0.227. The van der Waals surface area contributed by atoms with Gasteiger partial charge in [-0.1, -0.05) is 11.6 Å². The number of nitrogens with one attached hydrogen (secondary N) is 1. The number of ether oxygens (including phenoxy) is 2. The van der Waals surface area contributed by atoms with E-state index in [4.69, 9.17) is 16.3 Å². The lowest BCUT2D eigenvalue weighted by Gasteiger charge is -2.13. The van der Waals surface area contributed by atoms with E-state index in [1.807, 2.05) is 0 Å². The molecular weight excluding hydrogens is 306 g/mol. The average Bonchev–Trinajstić information content (AvgIpc) is 2.35. The molecule has 0 bridgehead atoms. The Labute approximate surface area is 123 Å². The minimum Gasteiger partial charge on any atom is -0.465 e. The minimum absolute atomic E-state index is 0.164. The Hall–Kier alpha value is -1.31. The largest absolute Gasteiger partial charge is 0.465 e. The van der Waals surface area contributed by atoms with E-state index in [0.717, 1.165) is 0 Å². The summed E-state index contributed by atoms with van der Waals surface area (Å²) in [6, 6.07) is 4.15. The Morgan fingerprint density at radius 1 is 1.35 bits per heavy atom. The third-order valence-corrected chi connectivity index (χ3v) is 4.12. The van der Waals surface area contributed by atoms with E-state index in [2.05, 4.69) is 9.46 Å². The van der Waals surface area contributed by atoms with E-state index in [1.165, 1.54) is 32.4 Å². The molecule has 0 aliphatic carbocycles. The number of anilines is 1. The van der Waals surface area contributed by atoms with Crippen LogP contribution in [0.25, 0.3) is 0 Å². The molecule has 1 aromatic rings. The van der Waals surface area contributed by atoms with Gasteiger partial charge in [0.1, 0.15) is 0 Å². The smallest absolute Gasteiger partial charge is 0.337 e. The molecule has 20 heavy (non-hydrogen) atoms. The highest BCUT2D eigenvalue weighted by molar-refractivity contribution is 7.92. The topological polar surface area (TPSA) is 81.7 Å². The van der Waals surface area contributed by atoms with Crippen LogP contribution in [0, 0.1) is 0 Å². The number of benzene rings is 1. The summed E-state index contributed by atoms with van der Waals surface area (Å²) in [5.41, 5.74) is 0.360. The van der Waals surface area contributed by atoms with Gasteiger partial charge < -0.3 is 9.47 Å². The number of halogens is 1. The van der Waals surface area contributed by atoms with E-state index in [1.54, 1.807) is 6.92 Å². The maximum atomic E-state index is 11.9. The third kappa shape index (κ3) is 4.99. The van der Waals surface area contributed by atoms with Crippen LogP contribution < -0.4 is 4.72 Å². The van der Waals surface area contributed by atoms with Crippen LogP contribution in [0.1, 0.15) is 17.3 Å². The first-order chi connectivity index (χ1) is 9.27. The molecule has 0 saturated carbocycles. The van der Waals surface area contributed by atoms with E-state index in [0.29, 0.717) is 0 Å². The van der Waals surface area contributed by atoms with Crippen LogP contribution in [-0.2, 0) is 19.5 Å². The lowest BCUT2D eigenvalue weighted by Crippen LogP contribution is -2.25. The quantitative estimate of drug-likeness (QED) is 0.809. The van der Waals surface area contributed by atoms with E-state index in [9.17, 15) is 13.2 Å². The van der Waals surface area contributed by atoms with Crippen LogP contribution >= 0.6 is 11.6 Å². The highest BCUT2D eigenvalue weighted by atomic mass is 35.5. The van der Waals surface area contributed by atoms with Gasteiger partial charge in [0.05, 0.1) is 30.2 Å². The first-order valence-electron chi connectivity index (χ1n) is 5.69. The van der Waals surface area contributed by atoms with Crippen LogP contribution in [0.15, 0.2) is 18.2 Å². The number of rotatable bonds is 6. The number of carbonyl (C=O) groups is 1. The zero-order chi connectivity index (χ0) is 15.3. The van der Waals surface area contributed by atoms with E-state index in [-0.39, 0.29) is 22.0 Å². The molecule has 0 fully saturated rings. The molecule has 1 aromatic carbocycles. The van der Waals surface area contributed by atoms with Crippen molar-refractivity contribution in [1.82, 2.24) is 0 Å². The molecule has 0 aliphatic rings. The van der Waals surface area contributed by atoms with Gasteiger partial charge in [-0.3, -0.25) is 4.72 Å². The number of hydrogen-bond acceptors (Lipinski definition) is 5. The second-order valence-corrected chi connectivity index (χ2v) is 6.35. The first-order valence-corrected chi connectivity index (χ1v) is 7.72. The fourth-order valence-electron chi connectivity index (χ4n) is 1.48. The molecule has 0 spiro atoms. The van der Waals surface area contributed by atoms with Crippen molar-refractivity contribution in [2.75, 3.05) is 24.7 Å². The number of hydrogen-bond donors (Lipinski definition) is 1. The molecule has 0 aromatic heterocycles. The Kier molecular flexibility index (Phi) is 5.79. The molecule has 0 radical (unpaired) electrons. The zero-order valence-electron chi connectivity index (χ0n) is 11.3. The van der Waals surface area contributed by atoms with Crippen LogP contribution in [-0.4, -0.2) is 40.5 Å². The molecule has 8 heteroatoms. The lowest BCUT2D eigenvalue weighted by molar-refractivity contribution is 0.0600. The van der Waals surface area contributed by atoms with Crippen LogP contribution in [0.4, 0.5) is 5.69 Å². The molecule has 0 saturated heterocycles. The zero-order valence-corrected chi connectivity index (χ0v) is 12.9. The summed E-state index contributed by atoms with van der Waals surface area (Å²) in [7, 11) is -0.943. The van der Waals surface area contributed by atoms with E-state index < -0.39 is 22.1 Å². The molecule has 0 amide bonds. The molecule has 1 rings (SSSR count). The summed E-state index contributed by atoms with van der Waals surface area (Å²) >= 11 is 5.85. The maximum Gasteiger partial charge on any atom is 0.337 e. The van der Waals surface area contributed by atoms with Crippen molar-refractivity contribution in [3.63, 3.8) is 0 Å². The molecule has 0 heterocycles. The first kappa shape index (κ1) is 16.7. The highest BCUT2D eigenvalue weighted by Gasteiger charge is 2.17. The summed E-state index contributed by atoms with van der Waals surface area (Å²) in [5.74, 6) is -0.804. The van der Waals surface area contributed by atoms with Crippen molar-refractivity contribution < 1.29 is 22.7 Å². The van der Waals surface area contributed by atoms with Gasteiger partial charge in [-0.25, -0.2) is 13.2 Å². The standard InChI is InChI=1S/C12H16ClNO5S/c1-8(18-2)7-20(16,17)14-11-5-9(12(15)19-3)4-10(13)6-11/h4-6,8,14H,7H2,1-3H3/t8-/m0/s1. The predicted molar refractivity (Wildman–Crippen MR) is 76.7 cm³/mol. The second kappa shape index (κ2) is 6.92. The summed E-state index contributed by atoms with van der Waals surface area (Å²) < 4.78 is 35.6. The number of esters is 1. The number of carbonyl (C=O) groups excluding carboxylic acids is 1. The molecular formula is C12H16ClNO5S. The third-order valence-electron chi connectivity index (χ3n) is 2.45. The average molecular weight is 322 g/mol. The minimum atomic E-state index is -3.60. The summed E-state index contributed by atoms with van der Waals surface area (Å²) in [6.45, 7) is 1.64. The lowest BCUT2D eigenvalue weighted by atomic mass is 10.2. The molecule has 1 N–H and O–H groups in total. The summed E-state index contributed by atoms with van der Waals surface area (Å²) in [4.78, 5) is 11.4. The van der Waals surface area contributed by atoms with Crippen molar-refractivity contribution >= 4 is 33.3 Å². The van der Waals surface area contributed by atoms with Gasteiger partial charge in [0.25, 0.3) is 0 Å². The van der Waals surface area contributed by atoms with Gasteiger partial charge in [-0.15, -0.1) is 0 Å². The highest BCUT2D eigenvalue weighted by Crippen LogP contribution is 2.21. The van der Waals surface area contributed by atoms with Crippen LogP contribution in [0.5, 0.6) is 0 Å². The molecule has 112 valence electrons. The number of methoxy groups -OCH3 is 2. The van der Waals surface area contributed by atoms with Gasteiger partial charge in [0.15, 0.2) is 0 Å². The monoisotopic (exact) mass is 321 g/mol. The van der Waals surface area contributed by atoms with Crippen molar-refractivity contribution in [2.24, 2.45) is 0 Å².